The third-order valence-electron chi connectivity index (χ3n) is 4.94. The van der Waals surface area contributed by atoms with Crippen LogP contribution in [-0.2, 0) is 23.4 Å². The number of aryl methyl sites for hydroxylation is 1. The maximum atomic E-state index is 13.4. The van der Waals surface area contributed by atoms with Crippen molar-refractivity contribution in [3.63, 3.8) is 0 Å². The average molecular weight is 483 g/mol. The SMILES string of the molecule is COC(=O)[C@H](C)NP(=O)(OC[C@H]1O[C@@H](n2cc(C)c(=O)[nH]c2=O)C[C@@H]1O)Oc1ccccc1. The topological polar surface area (TPSA) is 158 Å². The van der Waals surface area contributed by atoms with Crippen LogP contribution in [0.5, 0.6) is 5.75 Å². The number of hydrogen-bond donors (Lipinski definition) is 3. The molecule has 1 saturated heterocycles. The summed E-state index contributed by atoms with van der Waals surface area (Å²) in [7, 11) is -2.93. The van der Waals surface area contributed by atoms with Crippen molar-refractivity contribution in [1.82, 2.24) is 14.6 Å². The van der Waals surface area contributed by atoms with E-state index in [0.717, 1.165) is 4.57 Å². The Labute approximate surface area is 189 Å². The summed E-state index contributed by atoms with van der Waals surface area (Å²) in [5.41, 5.74) is -0.898. The molecule has 2 heterocycles. The number of rotatable bonds is 9. The van der Waals surface area contributed by atoms with Gasteiger partial charge < -0.3 is 19.1 Å². The largest absolute Gasteiger partial charge is 0.468 e. The standard InChI is InChI=1S/C20H26N3O9P/c1-12-10-23(20(27)21-18(12)25)17-9-15(24)16(31-17)11-30-33(28,22-13(2)19(26)29-3)32-14-7-5-4-6-8-14/h4-8,10,13,15-17,24H,9,11H2,1-3H3,(H,22,28)(H,21,25,27)/t13-,15-,16+,17+,33?/m0/s1. The quantitative estimate of drug-likeness (QED) is 0.345. The van der Waals surface area contributed by atoms with Gasteiger partial charge in [-0.2, -0.15) is 5.09 Å². The summed E-state index contributed by atoms with van der Waals surface area (Å²) < 4.78 is 35.9. The molecule has 5 atom stereocenters. The minimum Gasteiger partial charge on any atom is -0.468 e. The average Bonchev–Trinajstić information content (AvgIpc) is 3.15. The highest BCUT2D eigenvalue weighted by molar-refractivity contribution is 7.52. The van der Waals surface area contributed by atoms with E-state index in [9.17, 15) is 24.1 Å². The van der Waals surface area contributed by atoms with Crippen molar-refractivity contribution in [3.8, 4) is 5.75 Å². The molecule has 33 heavy (non-hydrogen) atoms. The summed E-state index contributed by atoms with van der Waals surface area (Å²) in [6.45, 7) is 2.59. The number of para-hydroxylation sites is 1. The molecule has 0 radical (unpaired) electrons. The maximum absolute atomic E-state index is 13.4. The number of nitrogens with one attached hydrogen (secondary N) is 2. The Morgan fingerprint density at radius 2 is 2.06 bits per heavy atom. The highest BCUT2D eigenvalue weighted by Crippen LogP contribution is 2.45. The van der Waals surface area contributed by atoms with Gasteiger partial charge in [0.1, 0.15) is 24.1 Å². The Hall–Kier alpha value is -2.76. The molecule has 3 N–H and O–H groups in total. The Balaban J connectivity index is 1.73. The number of nitrogens with zero attached hydrogens (tertiary/aromatic N) is 1. The summed E-state index contributed by atoms with van der Waals surface area (Å²) in [5, 5.41) is 12.9. The number of hydrogen-bond acceptors (Lipinski definition) is 9. The summed E-state index contributed by atoms with van der Waals surface area (Å²) in [6.07, 6.45) is -1.51. The molecule has 3 rings (SSSR count). The summed E-state index contributed by atoms with van der Waals surface area (Å²) in [5.74, 6) is -0.452. The molecular formula is C20H26N3O9P. The Kier molecular flexibility index (Phi) is 7.88. The van der Waals surface area contributed by atoms with Crippen molar-refractivity contribution in [2.24, 2.45) is 0 Å². The van der Waals surface area contributed by atoms with Gasteiger partial charge >= 0.3 is 19.4 Å². The fourth-order valence-electron chi connectivity index (χ4n) is 3.18. The molecule has 1 aromatic carbocycles. The number of benzene rings is 1. The van der Waals surface area contributed by atoms with E-state index in [2.05, 4.69) is 14.8 Å². The number of aliphatic hydroxyl groups excluding tert-OH is 1. The number of ether oxygens (including phenoxy) is 2. The normalized spacial score (nSPS) is 23.0. The van der Waals surface area contributed by atoms with Crippen LogP contribution in [0, 0.1) is 6.92 Å². The third kappa shape index (κ3) is 6.18. The molecule has 1 unspecified atom stereocenters. The maximum Gasteiger partial charge on any atom is 0.459 e. The number of esters is 1. The van der Waals surface area contributed by atoms with Crippen molar-refractivity contribution in [3.05, 3.63) is 62.9 Å². The Morgan fingerprint density at radius 3 is 2.73 bits per heavy atom. The summed E-state index contributed by atoms with van der Waals surface area (Å²) in [6, 6.07) is 7.18. The van der Waals surface area contributed by atoms with Crippen LogP contribution in [-0.4, -0.2) is 52.6 Å². The minimum atomic E-state index is -4.12. The molecule has 2 aromatic rings. The number of aromatic nitrogens is 2. The van der Waals surface area contributed by atoms with Crippen LogP contribution in [0.2, 0.25) is 0 Å². The number of aliphatic hydroxyl groups is 1. The van der Waals surface area contributed by atoms with E-state index in [1.54, 1.807) is 30.3 Å². The Bertz CT molecular complexity index is 1130. The van der Waals surface area contributed by atoms with E-state index in [0.29, 0.717) is 5.56 Å². The molecule has 12 nitrogen and oxygen atoms in total. The van der Waals surface area contributed by atoms with Crippen LogP contribution < -0.4 is 20.9 Å². The first kappa shape index (κ1) is 24.9. The zero-order valence-corrected chi connectivity index (χ0v) is 19.2. The van der Waals surface area contributed by atoms with Crippen LogP contribution in [0.1, 0.15) is 25.1 Å². The molecule has 1 aromatic heterocycles. The highest BCUT2D eigenvalue weighted by Gasteiger charge is 2.39. The molecule has 1 aliphatic rings. The highest BCUT2D eigenvalue weighted by atomic mass is 31.2. The first-order valence-corrected chi connectivity index (χ1v) is 11.7. The molecule has 0 bridgehead atoms. The predicted octanol–water partition coefficient (Wildman–Crippen LogP) is 0.848. The molecule has 180 valence electrons. The van der Waals surface area contributed by atoms with Crippen molar-refractivity contribution in [1.29, 1.82) is 0 Å². The second-order valence-corrected chi connectivity index (χ2v) is 9.18. The van der Waals surface area contributed by atoms with Crippen molar-refractivity contribution < 1.29 is 33.0 Å². The molecule has 0 spiro atoms. The number of aromatic amines is 1. The van der Waals surface area contributed by atoms with Gasteiger partial charge in [0, 0.05) is 18.2 Å². The number of H-pyrrole nitrogens is 1. The van der Waals surface area contributed by atoms with Crippen molar-refractivity contribution >= 4 is 13.7 Å². The van der Waals surface area contributed by atoms with Crippen LogP contribution in [0.4, 0.5) is 0 Å². The molecule has 13 heteroatoms. The van der Waals surface area contributed by atoms with E-state index in [1.807, 2.05) is 0 Å². The van der Waals surface area contributed by atoms with Gasteiger partial charge in [-0.1, -0.05) is 18.2 Å². The van der Waals surface area contributed by atoms with Crippen molar-refractivity contribution in [2.75, 3.05) is 13.7 Å². The zero-order chi connectivity index (χ0) is 24.2. The van der Waals surface area contributed by atoms with E-state index in [1.165, 1.54) is 27.2 Å². The number of carbonyl (C=O) groups excluding carboxylic acids is 1. The molecular weight excluding hydrogens is 457 g/mol. The lowest BCUT2D eigenvalue weighted by Gasteiger charge is -2.24. The molecule has 0 amide bonds. The van der Waals surface area contributed by atoms with Gasteiger partial charge in [-0.05, 0) is 26.0 Å². The van der Waals surface area contributed by atoms with Gasteiger partial charge in [0.05, 0.1) is 19.8 Å². The van der Waals surface area contributed by atoms with Gasteiger partial charge in [0.25, 0.3) is 5.56 Å². The second-order valence-electron chi connectivity index (χ2n) is 7.48. The summed E-state index contributed by atoms with van der Waals surface area (Å²) >= 11 is 0. The number of methoxy groups -OCH3 is 1. The second kappa shape index (κ2) is 10.4. The van der Waals surface area contributed by atoms with E-state index in [4.69, 9.17) is 13.8 Å². The van der Waals surface area contributed by atoms with E-state index < -0.39 is 49.4 Å². The van der Waals surface area contributed by atoms with Crippen LogP contribution in [0.3, 0.4) is 0 Å². The number of carbonyl (C=O) groups is 1. The first-order valence-electron chi connectivity index (χ1n) is 10.1. The van der Waals surface area contributed by atoms with Crippen LogP contribution >= 0.6 is 7.75 Å². The smallest absolute Gasteiger partial charge is 0.459 e. The van der Waals surface area contributed by atoms with Gasteiger partial charge in [-0.15, -0.1) is 0 Å². The van der Waals surface area contributed by atoms with Gasteiger partial charge in [-0.3, -0.25) is 23.7 Å². The lowest BCUT2D eigenvalue weighted by Crippen LogP contribution is -2.36. The van der Waals surface area contributed by atoms with Crippen LogP contribution in [0.25, 0.3) is 0 Å². The lowest BCUT2D eigenvalue weighted by molar-refractivity contribution is -0.142. The van der Waals surface area contributed by atoms with Crippen LogP contribution in [0.15, 0.2) is 46.1 Å². The van der Waals surface area contributed by atoms with E-state index >= 15 is 0 Å². The third-order valence-corrected chi connectivity index (χ3v) is 6.59. The van der Waals surface area contributed by atoms with Crippen molar-refractivity contribution in [2.45, 2.75) is 44.7 Å². The monoisotopic (exact) mass is 483 g/mol. The lowest BCUT2D eigenvalue weighted by atomic mass is 10.2. The fourth-order valence-corrected chi connectivity index (χ4v) is 4.69. The van der Waals surface area contributed by atoms with E-state index in [-0.39, 0.29) is 18.8 Å². The predicted molar refractivity (Wildman–Crippen MR) is 116 cm³/mol. The van der Waals surface area contributed by atoms with Gasteiger partial charge in [0.2, 0.25) is 0 Å². The molecule has 1 aliphatic heterocycles. The summed E-state index contributed by atoms with van der Waals surface area (Å²) in [4.78, 5) is 37.7. The molecule has 1 fully saturated rings. The van der Waals surface area contributed by atoms with Gasteiger partial charge in [-0.25, -0.2) is 9.36 Å². The first-order chi connectivity index (χ1) is 15.6. The fraction of sp³-hybridized carbons (Fsp3) is 0.450. The Morgan fingerprint density at radius 1 is 1.36 bits per heavy atom. The molecule has 0 aliphatic carbocycles. The minimum absolute atomic E-state index is 0.0370. The molecule has 0 saturated carbocycles. The van der Waals surface area contributed by atoms with Gasteiger partial charge in [0.15, 0.2) is 0 Å². The zero-order valence-electron chi connectivity index (χ0n) is 18.3.